The van der Waals surface area contributed by atoms with Gasteiger partial charge in [-0.1, -0.05) is 49.4 Å². The van der Waals surface area contributed by atoms with E-state index >= 15 is 0 Å². The molecule has 2 aliphatic heterocycles. The van der Waals surface area contributed by atoms with Gasteiger partial charge in [0, 0.05) is 30.7 Å². The molecule has 4 nitrogen and oxygen atoms in total. The summed E-state index contributed by atoms with van der Waals surface area (Å²) in [5.74, 6) is 0.709. The van der Waals surface area contributed by atoms with Crippen LogP contribution in [0.3, 0.4) is 0 Å². The molecular weight excluding hydrogens is 337 g/mol. The Hall–Kier alpha value is -1.59. The Morgan fingerprint density at radius 2 is 1.70 bits per heavy atom. The molecule has 5 heteroatoms. The molecule has 1 amide bonds. The number of hydrogen-bond donors (Lipinski definition) is 0. The molecule has 27 heavy (non-hydrogen) atoms. The summed E-state index contributed by atoms with van der Waals surface area (Å²) in [7, 11) is -0.344. The molecule has 4 atom stereocenters. The zero-order chi connectivity index (χ0) is 19.4. The number of carbonyl (C=O) groups is 1. The van der Waals surface area contributed by atoms with E-state index < -0.39 is 0 Å². The van der Waals surface area contributed by atoms with Gasteiger partial charge >= 0.3 is 7.12 Å². The molecule has 1 aromatic rings. The maximum atomic E-state index is 13.4. The molecule has 0 radical (unpaired) electrons. The highest BCUT2D eigenvalue weighted by Crippen LogP contribution is 2.50. The summed E-state index contributed by atoms with van der Waals surface area (Å²) >= 11 is 0. The lowest BCUT2D eigenvalue weighted by atomic mass is 9.55. The fourth-order valence-corrected chi connectivity index (χ4v) is 4.67. The van der Waals surface area contributed by atoms with Crippen molar-refractivity contribution in [3.8, 4) is 0 Å². The number of amides is 1. The van der Waals surface area contributed by atoms with Crippen LogP contribution in [-0.2, 0) is 20.6 Å². The predicted octanol–water partition coefficient (Wildman–Crippen LogP) is 3.93. The first-order chi connectivity index (χ1) is 12.7. The molecule has 0 spiro atoms. The van der Waals surface area contributed by atoms with Gasteiger partial charge in [0.1, 0.15) is 0 Å². The van der Waals surface area contributed by atoms with E-state index in [-0.39, 0.29) is 47.8 Å². The van der Waals surface area contributed by atoms with Gasteiger partial charge in [0.2, 0.25) is 5.91 Å². The van der Waals surface area contributed by atoms with Gasteiger partial charge in [-0.15, -0.1) is 0 Å². The summed E-state index contributed by atoms with van der Waals surface area (Å²) in [5, 5.41) is 0. The molecule has 4 rings (SSSR count). The van der Waals surface area contributed by atoms with Gasteiger partial charge in [0.05, 0.1) is 11.2 Å². The van der Waals surface area contributed by atoms with Crippen LogP contribution in [0.1, 0.15) is 40.2 Å². The second kappa shape index (κ2) is 6.49. The largest absolute Gasteiger partial charge is 0.462 e. The van der Waals surface area contributed by atoms with E-state index in [0.29, 0.717) is 6.54 Å². The summed E-state index contributed by atoms with van der Waals surface area (Å²) in [5.41, 5.74) is 0.424. The molecule has 1 aliphatic carbocycles. The Labute approximate surface area is 163 Å². The molecule has 0 aromatic heterocycles. The van der Waals surface area contributed by atoms with Gasteiger partial charge in [0.15, 0.2) is 0 Å². The summed E-state index contributed by atoms with van der Waals surface area (Å²) in [6.45, 7) is 11.9. The molecule has 2 fully saturated rings. The van der Waals surface area contributed by atoms with Gasteiger partial charge in [-0.25, -0.2) is 0 Å². The molecular formula is C22H30BNO3. The number of likely N-dealkylation sites (tertiary alicyclic amines) is 1. The van der Waals surface area contributed by atoms with Gasteiger partial charge in [-0.05, 0) is 39.2 Å². The number of rotatable bonds is 3. The molecule has 3 aliphatic rings. The van der Waals surface area contributed by atoms with Gasteiger partial charge in [-0.2, -0.15) is 0 Å². The second-order valence-corrected chi connectivity index (χ2v) is 9.34. The zero-order valence-corrected chi connectivity index (χ0v) is 17.0. The molecule has 2 heterocycles. The van der Waals surface area contributed by atoms with Crippen LogP contribution in [0.5, 0.6) is 0 Å². The van der Waals surface area contributed by atoms with Gasteiger partial charge < -0.3 is 14.2 Å². The molecule has 0 N–H and O–H groups in total. The molecule has 144 valence electrons. The number of fused-ring (bicyclic) bond motifs is 1. The van der Waals surface area contributed by atoms with Crippen LogP contribution in [0.25, 0.3) is 0 Å². The van der Waals surface area contributed by atoms with Crippen molar-refractivity contribution in [1.82, 2.24) is 4.90 Å². The van der Waals surface area contributed by atoms with E-state index in [1.54, 1.807) is 0 Å². The lowest BCUT2D eigenvalue weighted by molar-refractivity contribution is -0.132. The van der Waals surface area contributed by atoms with Crippen LogP contribution in [0, 0.1) is 17.8 Å². The summed E-state index contributed by atoms with van der Waals surface area (Å²) < 4.78 is 12.7. The van der Waals surface area contributed by atoms with Crippen molar-refractivity contribution in [3.05, 3.63) is 48.0 Å². The van der Waals surface area contributed by atoms with Crippen molar-refractivity contribution in [2.45, 2.75) is 58.2 Å². The topological polar surface area (TPSA) is 38.8 Å². The van der Waals surface area contributed by atoms with Crippen LogP contribution in [-0.4, -0.2) is 35.7 Å². The quantitative estimate of drug-likeness (QED) is 0.600. The van der Waals surface area contributed by atoms with Crippen molar-refractivity contribution in [2.75, 3.05) is 6.54 Å². The molecule has 0 saturated carbocycles. The van der Waals surface area contributed by atoms with E-state index in [4.69, 9.17) is 9.31 Å². The number of benzene rings is 1. The van der Waals surface area contributed by atoms with Crippen molar-refractivity contribution in [1.29, 1.82) is 0 Å². The minimum Gasteiger partial charge on any atom is -0.403 e. The highest BCUT2D eigenvalue weighted by atomic mass is 16.7. The van der Waals surface area contributed by atoms with Crippen LogP contribution in [0.4, 0.5) is 0 Å². The maximum Gasteiger partial charge on any atom is 0.462 e. The van der Waals surface area contributed by atoms with E-state index in [1.807, 2.05) is 23.1 Å². The van der Waals surface area contributed by atoms with Crippen molar-refractivity contribution in [2.24, 2.45) is 17.8 Å². The van der Waals surface area contributed by atoms with E-state index in [0.717, 1.165) is 6.54 Å². The van der Waals surface area contributed by atoms with E-state index in [1.165, 1.54) is 5.56 Å². The Kier molecular flexibility index (Phi) is 4.51. The normalized spacial score (nSPS) is 34.2. The minimum atomic E-state index is -0.376. The third-order valence-electron chi connectivity index (χ3n) is 6.97. The number of allylic oxidation sites excluding steroid dienone is 1. The average Bonchev–Trinajstić information content (AvgIpc) is 3.02. The number of nitrogens with zero attached hydrogens (tertiary/aromatic N) is 1. The van der Waals surface area contributed by atoms with E-state index in [2.05, 4.69) is 58.9 Å². The van der Waals surface area contributed by atoms with Crippen molar-refractivity contribution >= 4 is 13.0 Å². The monoisotopic (exact) mass is 367 g/mol. The molecule has 2 saturated heterocycles. The predicted molar refractivity (Wildman–Crippen MR) is 107 cm³/mol. The highest BCUT2D eigenvalue weighted by molar-refractivity contribution is 6.48. The molecule has 0 bridgehead atoms. The zero-order valence-electron chi connectivity index (χ0n) is 17.0. The first kappa shape index (κ1) is 18.8. The lowest BCUT2D eigenvalue weighted by Gasteiger charge is -2.34. The van der Waals surface area contributed by atoms with Crippen molar-refractivity contribution in [3.63, 3.8) is 0 Å². The number of carbonyl (C=O) groups excluding carboxylic acids is 1. The first-order valence-corrected chi connectivity index (χ1v) is 10.1. The lowest BCUT2D eigenvalue weighted by Crippen LogP contribution is -2.41. The van der Waals surface area contributed by atoms with Crippen LogP contribution < -0.4 is 0 Å². The minimum absolute atomic E-state index is 0.0503. The summed E-state index contributed by atoms with van der Waals surface area (Å²) in [4.78, 5) is 15.4. The smallest absolute Gasteiger partial charge is 0.403 e. The highest BCUT2D eigenvalue weighted by Gasteiger charge is 2.59. The third kappa shape index (κ3) is 3.15. The van der Waals surface area contributed by atoms with E-state index in [9.17, 15) is 4.79 Å². The van der Waals surface area contributed by atoms with Gasteiger partial charge in [0.25, 0.3) is 0 Å². The molecule has 1 aromatic carbocycles. The fourth-order valence-electron chi connectivity index (χ4n) is 4.67. The van der Waals surface area contributed by atoms with Gasteiger partial charge in [-0.3, -0.25) is 4.79 Å². The Morgan fingerprint density at radius 1 is 1.07 bits per heavy atom. The Balaban J connectivity index is 1.57. The second-order valence-electron chi connectivity index (χ2n) is 9.34. The fraction of sp³-hybridized carbons (Fsp3) is 0.591. The summed E-state index contributed by atoms with van der Waals surface area (Å²) in [6.07, 6.45) is 4.48. The SMILES string of the molecule is C[C@H]1C=C[C@H]2CN(Cc3ccccc3)C(=O)[C@@H]2[C@H]1B1OC(C)(C)C(C)(C)O1. The van der Waals surface area contributed by atoms with Crippen molar-refractivity contribution < 1.29 is 14.1 Å². The molecule has 0 unspecified atom stereocenters. The van der Waals surface area contributed by atoms with Crippen LogP contribution in [0.15, 0.2) is 42.5 Å². The third-order valence-corrected chi connectivity index (χ3v) is 6.97. The average molecular weight is 367 g/mol. The Bertz CT molecular complexity index is 729. The Morgan fingerprint density at radius 3 is 2.33 bits per heavy atom. The van der Waals surface area contributed by atoms with Crippen LogP contribution in [0.2, 0.25) is 5.82 Å². The maximum absolute atomic E-state index is 13.4. The summed E-state index contributed by atoms with van der Waals surface area (Å²) in [6, 6.07) is 10.2. The van der Waals surface area contributed by atoms with Crippen LogP contribution >= 0.6 is 0 Å². The standard InChI is InChI=1S/C22H30BNO3/c1-15-11-12-17-14-24(13-16-9-7-6-8-10-16)20(25)18(17)19(15)23-26-21(2,3)22(4,5)27-23/h6-12,15,17-19H,13-14H2,1-5H3/t15-,17-,18-,19-/m0/s1. The number of hydrogen-bond acceptors (Lipinski definition) is 3. The first-order valence-electron chi connectivity index (χ1n) is 10.1.